The number of benzene rings is 1. The Balaban J connectivity index is 0.000000524. The van der Waals surface area contributed by atoms with Crippen molar-refractivity contribution in [3.05, 3.63) is 53.7 Å². The fourth-order valence-corrected chi connectivity index (χ4v) is 5.05. The second kappa shape index (κ2) is 12.9. The first kappa shape index (κ1) is 29.5. The molecular weight excluding hydrogens is 539 g/mol. The summed E-state index contributed by atoms with van der Waals surface area (Å²) in [5.41, 5.74) is 5.43. The van der Waals surface area contributed by atoms with E-state index in [9.17, 15) is 9.18 Å². The topological polar surface area (TPSA) is 102 Å². The fraction of sp³-hybridized carbons (Fsp3) is 0.467. The van der Waals surface area contributed by atoms with Crippen LogP contribution in [0.2, 0.25) is 0 Å². The summed E-state index contributed by atoms with van der Waals surface area (Å²) in [6.07, 6.45) is 9.04. The molecule has 0 radical (unpaired) electrons. The van der Waals surface area contributed by atoms with Gasteiger partial charge in [-0.15, -0.1) is 5.10 Å². The number of piperazine rings is 1. The summed E-state index contributed by atoms with van der Waals surface area (Å²) in [4.78, 5) is 18.9. The molecule has 1 aliphatic carbocycles. The van der Waals surface area contributed by atoms with Crippen molar-refractivity contribution in [3.63, 3.8) is 0 Å². The van der Waals surface area contributed by atoms with Gasteiger partial charge in [-0.1, -0.05) is 5.21 Å². The van der Waals surface area contributed by atoms with Gasteiger partial charge in [0.05, 0.1) is 42.7 Å². The zero-order valence-electron chi connectivity index (χ0n) is 24.9. The van der Waals surface area contributed by atoms with Crippen LogP contribution in [0.25, 0.3) is 22.7 Å². The molecular formula is C30H39FN8O3. The summed E-state index contributed by atoms with van der Waals surface area (Å²) in [7, 11) is 3.44. The molecule has 6 rings (SSSR count). The number of rotatable bonds is 9. The van der Waals surface area contributed by atoms with Gasteiger partial charge in [-0.2, -0.15) is 0 Å². The summed E-state index contributed by atoms with van der Waals surface area (Å²) in [6.45, 7) is 10.3. The maximum atomic E-state index is 13.9. The van der Waals surface area contributed by atoms with E-state index in [0.29, 0.717) is 17.3 Å². The number of hydrogen-bond donors (Lipinski definition) is 1. The van der Waals surface area contributed by atoms with Gasteiger partial charge in [-0.25, -0.2) is 14.1 Å². The van der Waals surface area contributed by atoms with E-state index in [1.807, 2.05) is 23.6 Å². The lowest BCUT2D eigenvalue weighted by atomic mass is 10.1. The average molecular weight is 579 g/mol. The molecule has 0 bridgehead atoms. The number of methoxy groups -OCH3 is 2. The monoisotopic (exact) mass is 578 g/mol. The van der Waals surface area contributed by atoms with Gasteiger partial charge in [0.2, 0.25) is 6.41 Å². The molecule has 3 aromatic heterocycles. The second-order valence-corrected chi connectivity index (χ2v) is 10.9. The van der Waals surface area contributed by atoms with Gasteiger partial charge in [0, 0.05) is 58.1 Å². The number of carbonyl (C=O) groups is 1. The number of ether oxygens (including phenoxy) is 2. The molecule has 1 atom stereocenters. The molecule has 1 unspecified atom stereocenters. The van der Waals surface area contributed by atoms with Crippen molar-refractivity contribution in [2.45, 2.75) is 45.8 Å². The largest absolute Gasteiger partial charge is 0.494 e. The molecule has 11 nitrogen and oxygen atoms in total. The quantitative estimate of drug-likeness (QED) is 0.302. The minimum Gasteiger partial charge on any atom is -0.494 e. The van der Waals surface area contributed by atoms with Crippen LogP contribution in [0, 0.1) is 19.7 Å². The molecule has 42 heavy (non-hydrogen) atoms. The third-order valence-electron chi connectivity index (χ3n) is 7.80. The fourth-order valence-electron chi connectivity index (χ4n) is 5.05. The van der Waals surface area contributed by atoms with Gasteiger partial charge in [-0.05, 0) is 56.9 Å². The zero-order valence-corrected chi connectivity index (χ0v) is 24.9. The van der Waals surface area contributed by atoms with Gasteiger partial charge >= 0.3 is 0 Å². The van der Waals surface area contributed by atoms with E-state index >= 15 is 0 Å². The zero-order chi connectivity index (χ0) is 29.8. The standard InChI is InChI=1S/C26H32FN7O2.C4H7NO/c1-17-11-22(18(2)10-20(17)27)34-15-21(29-30-34)23-13-28-26-12-25(36-5)24(16-33(23)26)32-8-6-31(7-9-32)14-19(3)35-4;6-3-5-4-1-2-4/h10-13,15-16,19H,6-9,14H2,1-5H3;3-4H,1-2H2,(H,5,6). The molecule has 12 heteroatoms. The number of aromatic nitrogens is 5. The first-order valence-corrected chi connectivity index (χ1v) is 14.3. The molecule has 1 aliphatic heterocycles. The number of amides is 1. The van der Waals surface area contributed by atoms with Crippen molar-refractivity contribution in [1.82, 2.24) is 34.6 Å². The lowest BCUT2D eigenvalue weighted by molar-refractivity contribution is -0.109. The van der Waals surface area contributed by atoms with Crippen molar-refractivity contribution in [2.24, 2.45) is 0 Å². The maximum Gasteiger partial charge on any atom is 0.207 e. The van der Waals surface area contributed by atoms with Gasteiger partial charge in [0.1, 0.15) is 22.9 Å². The third-order valence-corrected chi connectivity index (χ3v) is 7.80. The lowest BCUT2D eigenvalue weighted by Gasteiger charge is -2.37. The van der Waals surface area contributed by atoms with Crippen LogP contribution in [0.5, 0.6) is 5.75 Å². The number of aryl methyl sites for hydroxylation is 2. The van der Waals surface area contributed by atoms with Crippen molar-refractivity contribution < 1.29 is 18.7 Å². The van der Waals surface area contributed by atoms with Gasteiger partial charge in [0.25, 0.3) is 0 Å². The summed E-state index contributed by atoms with van der Waals surface area (Å²) in [5.74, 6) is 0.563. The van der Waals surface area contributed by atoms with E-state index in [2.05, 4.69) is 43.5 Å². The Morgan fingerprint density at radius 3 is 2.48 bits per heavy atom. The number of fused-ring (bicyclic) bond motifs is 1. The second-order valence-electron chi connectivity index (χ2n) is 10.9. The number of nitrogens with zero attached hydrogens (tertiary/aromatic N) is 7. The Morgan fingerprint density at radius 2 is 1.83 bits per heavy atom. The number of carbonyl (C=O) groups excluding carboxylic acids is 1. The molecule has 2 fully saturated rings. The highest BCUT2D eigenvalue weighted by Gasteiger charge is 2.23. The molecule has 1 saturated carbocycles. The Hall–Kier alpha value is -4.03. The van der Waals surface area contributed by atoms with Crippen molar-refractivity contribution in [1.29, 1.82) is 0 Å². The molecule has 224 valence electrons. The molecule has 1 amide bonds. The highest BCUT2D eigenvalue weighted by atomic mass is 19.1. The van der Waals surface area contributed by atoms with E-state index < -0.39 is 0 Å². The number of anilines is 1. The number of hydrogen-bond acceptors (Lipinski definition) is 8. The van der Waals surface area contributed by atoms with Crippen LogP contribution in [-0.2, 0) is 9.53 Å². The van der Waals surface area contributed by atoms with Crippen molar-refractivity contribution in [2.75, 3.05) is 51.8 Å². The Kier molecular flexibility index (Phi) is 9.03. The summed E-state index contributed by atoms with van der Waals surface area (Å²) < 4.78 is 28.8. The molecule has 1 aromatic carbocycles. The van der Waals surface area contributed by atoms with Gasteiger partial charge in [-0.3, -0.25) is 14.1 Å². The molecule has 1 saturated heterocycles. The minimum atomic E-state index is -0.228. The molecule has 2 aliphatic rings. The van der Waals surface area contributed by atoms with E-state index in [4.69, 9.17) is 9.47 Å². The Bertz CT molecular complexity index is 1520. The first-order valence-electron chi connectivity index (χ1n) is 14.3. The SMILES string of the molecule is COc1cc2ncc(-c3cn(-c4cc(C)c(F)cc4C)nn3)n2cc1N1CCN(CC(C)OC)CC1.O=CNC1CC1. The number of pyridine rings is 1. The Labute approximate surface area is 245 Å². The van der Waals surface area contributed by atoms with Crippen molar-refractivity contribution in [3.8, 4) is 22.8 Å². The third kappa shape index (κ3) is 6.55. The molecule has 0 spiro atoms. The van der Waals surface area contributed by atoms with Gasteiger partial charge in [0.15, 0.2) is 0 Å². The molecule has 4 heterocycles. The van der Waals surface area contributed by atoms with E-state index in [1.165, 1.54) is 18.9 Å². The van der Waals surface area contributed by atoms with E-state index in [0.717, 1.165) is 73.2 Å². The summed E-state index contributed by atoms with van der Waals surface area (Å²) >= 11 is 0. The molecule has 1 N–H and O–H groups in total. The predicted molar refractivity (Wildman–Crippen MR) is 159 cm³/mol. The van der Waals surface area contributed by atoms with Crippen LogP contribution in [-0.4, -0.2) is 94.8 Å². The summed E-state index contributed by atoms with van der Waals surface area (Å²) in [5, 5.41) is 11.4. The number of halogens is 1. The number of imidazole rings is 1. The first-order chi connectivity index (χ1) is 20.3. The average Bonchev–Trinajstić information content (AvgIpc) is 3.52. The van der Waals surface area contributed by atoms with Crippen LogP contribution < -0.4 is 15.0 Å². The smallest absolute Gasteiger partial charge is 0.207 e. The number of nitrogens with one attached hydrogen (secondary N) is 1. The lowest BCUT2D eigenvalue weighted by Crippen LogP contribution is -2.48. The van der Waals surface area contributed by atoms with Crippen LogP contribution in [0.1, 0.15) is 30.9 Å². The van der Waals surface area contributed by atoms with Crippen LogP contribution in [0.15, 0.2) is 36.8 Å². The normalized spacial score (nSPS) is 16.2. The summed E-state index contributed by atoms with van der Waals surface area (Å²) in [6, 6.07) is 5.79. The predicted octanol–water partition coefficient (Wildman–Crippen LogP) is 3.40. The maximum absolute atomic E-state index is 13.9. The van der Waals surface area contributed by atoms with Crippen LogP contribution in [0.3, 0.4) is 0 Å². The van der Waals surface area contributed by atoms with Crippen LogP contribution in [0.4, 0.5) is 10.1 Å². The molecule has 4 aromatic rings. The van der Waals surface area contributed by atoms with E-state index in [1.54, 1.807) is 38.1 Å². The highest BCUT2D eigenvalue weighted by molar-refractivity contribution is 5.68. The van der Waals surface area contributed by atoms with Crippen molar-refractivity contribution >= 4 is 17.7 Å². The highest BCUT2D eigenvalue weighted by Crippen LogP contribution is 2.33. The Morgan fingerprint density at radius 1 is 1.07 bits per heavy atom. The minimum absolute atomic E-state index is 0.215. The van der Waals surface area contributed by atoms with Crippen LogP contribution >= 0.6 is 0 Å². The van der Waals surface area contributed by atoms with E-state index in [-0.39, 0.29) is 11.9 Å². The van der Waals surface area contributed by atoms with Gasteiger partial charge < -0.3 is 19.7 Å².